The molecule has 3 aromatic carbocycles. The van der Waals surface area contributed by atoms with E-state index in [-0.39, 0.29) is 50.3 Å². The number of aliphatic hydroxyl groups is 1. The molecule has 1 saturated heterocycles. The lowest BCUT2D eigenvalue weighted by Crippen LogP contribution is -2.62. The average molecular weight is 928 g/mol. The lowest BCUT2D eigenvalue weighted by molar-refractivity contribution is -0.135. The Morgan fingerprint density at radius 2 is 1.29 bits per heavy atom. The average Bonchev–Trinajstić information content (AvgIpc) is 3.70. The number of phenolic OH excluding ortho intramolecular Hbond substituents is 1. The number of amides is 6. The lowest BCUT2D eigenvalue weighted by Gasteiger charge is -2.30. The molecular formula is C48H65N9O8S. The highest BCUT2D eigenvalue weighted by Crippen LogP contribution is 2.20. The normalized spacial score (nSPS) is 21.9. The van der Waals surface area contributed by atoms with Gasteiger partial charge in [-0.05, 0) is 86.2 Å². The van der Waals surface area contributed by atoms with E-state index >= 15 is 0 Å². The van der Waals surface area contributed by atoms with Crippen molar-refractivity contribution in [2.45, 2.75) is 113 Å². The maximum atomic E-state index is 14.7. The van der Waals surface area contributed by atoms with E-state index in [9.17, 15) is 39.0 Å². The number of para-hydroxylation sites is 1. The summed E-state index contributed by atoms with van der Waals surface area (Å²) in [4.78, 5) is 87.6. The fraction of sp³-hybridized carbons (Fsp3) is 0.458. The zero-order valence-electron chi connectivity index (χ0n) is 37.4. The van der Waals surface area contributed by atoms with E-state index in [4.69, 9.17) is 5.73 Å². The van der Waals surface area contributed by atoms with Gasteiger partial charge in [0.15, 0.2) is 0 Å². The summed E-state index contributed by atoms with van der Waals surface area (Å²) in [7, 11) is 0. The quantitative estimate of drug-likeness (QED) is 0.0504. The van der Waals surface area contributed by atoms with E-state index in [1.54, 1.807) is 42.6 Å². The van der Waals surface area contributed by atoms with Gasteiger partial charge in [-0.25, -0.2) is 0 Å². The number of aromatic hydroxyl groups is 1. The van der Waals surface area contributed by atoms with Crippen molar-refractivity contribution in [1.29, 1.82) is 0 Å². The molecule has 1 aliphatic rings. The Bertz CT molecular complexity index is 2210. The van der Waals surface area contributed by atoms with Crippen molar-refractivity contribution in [3.63, 3.8) is 0 Å². The van der Waals surface area contributed by atoms with Gasteiger partial charge in [-0.2, -0.15) is 12.6 Å². The highest BCUT2D eigenvalue weighted by atomic mass is 32.1. The number of aromatic amines is 1. The number of benzene rings is 3. The van der Waals surface area contributed by atoms with Crippen molar-refractivity contribution in [2.24, 2.45) is 5.73 Å². The molecule has 0 aliphatic carbocycles. The van der Waals surface area contributed by atoms with Gasteiger partial charge in [0.05, 0.1) is 6.10 Å². The number of nitrogens with two attached hydrogens (primary N) is 1. The summed E-state index contributed by atoms with van der Waals surface area (Å²) in [5.41, 5.74) is 8.73. The molecule has 6 amide bonds. The third-order valence-corrected chi connectivity index (χ3v) is 11.8. The van der Waals surface area contributed by atoms with Crippen LogP contribution in [0.25, 0.3) is 10.9 Å². The van der Waals surface area contributed by atoms with Crippen LogP contribution >= 0.6 is 12.6 Å². The van der Waals surface area contributed by atoms with Gasteiger partial charge in [-0.3, -0.25) is 28.8 Å². The van der Waals surface area contributed by atoms with Crippen molar-refractivity contribution in [2.75, 3.05) is 25.4 Å². The zero-order chi connectivity index (χ0) is 47.4. The second-order valence-corrected chi connectivity index (χ2v) is 17.3. The van der Waals surface area contributed by atoms with Gasteiger partial charge in [-0.1, -0.05) is 67.1 Å². The first kappa shape index (κ1) is 51.0. The first-order chi connectivity index (χ1) is 31.8. The largest absolute Gasteiger partial charge is 0.508 e. The van der Waals surface area contributed by atoms with Gasteiger partial charge in [0, 0.05) is 61.9 Å². The SMILES string of the molecule is C[C@@H](O)[C@@H]1NC[C@H](CCCCN)NC(=O)[C@@H](Cc2c[nH]c3ccccc23)NC(=O)[C@H](Cc2ccc(O)cc2)NC(=O)[C@H](CCCCNC(=O)CCS)NC(=O)[C@H](Cc2ccccc2)NC1=O. The van der Waals surface area contributed by atoms with Crippen LogP contribution in [-0.2, 0) is 48.0 Å². The highest BCUT2D eigenvalue weighted by Gasteiger charge is 2.35. The third-order valence-electron chi connectivity index (χ3n) is 11.6. The van der Waals surface area contributed by atoms with Gasteiger partial charge in [-0.15, -0.1) is 0 Å². The number of phenols is 1. The van der Waals surface area contributed by atoms with Gasteiger partial charge in [0.25, 0.3) is 0 Å². The summed E-state index contributed by atoms with van der Waals surface area (Å²) in [5, 5.41) is 42.3. The number of aromatic nitrogens is 1. The van der Waals surface area contributed by atoms with Crippen LogP contribution in [-0.4, -0.2) is 118 Å². The predicted octanol–water partition coefficient (Wildman–Crippen LogP) is 1.41. The number of thiol groups is 1. The number of unbranched alkanes of at least 4 members (excludes halogenated alkanes) is 2. The minimum Gasteiger partial charge on any atom is -0.508 e. The monoisotopic (exact) mass is 927 g/mol. The standard InChI is InChI=1S/C48H65N9O8S/c1-30(58)43-48(65)57-40(25-31-11-3-2-4-12-31)46(63)54-38(16-8-10-23-50-42(60)21-24-66)44(61)55-39(26-32-17-19-35(59)20-18-32)47(64)56-41(27-33-28-51-37-15-6-5-14-36(33)37)45(62)53-34(29-52-43)13-7-9-22-49/h2-6,11-12,14-15,17-20,28,30,34,38-41,43,51-52,58-59,66H,7-10,13,16,21-27,29,49H2,1H3,(H,50,60)(H,53,62)(H,54,63)(H,55,61)(H,56,64)(H,57,65)/t30-,34+,38+,39+,40+,41-,43+/m1/s1. The van der Waals surface area contributed by atoms with Crippen molar-refractivity contribution in [3.05, 3.63) is 102 Å². The van der Waals surface area contributed by atoms with E-state index in [0.29, 0.717) is 56.5 Å². The number of nitrogens with one attached hydrogen (secondary N) is 8. The van der Waals surface area contributed by atoms with E-state index in [0.717, 1.165) is 22.0 Å². The Labute approximate surface area is 391 Å². The fourth-order valence-corrected chi connectivity index (χ4v) is 8.12. The number of fused-ring (bicyclic) bond motifs is 1. The molecule has 0 radical (unpaired) electrons. The molecule has 1 aliphatic heterocycles. The number of hydrogen-bond donors (Lipinski definition) is 12. The van der Waals surface area contributed by atoms with E-state index in [1.807, 2.05) is 30.3 Å². The summed E-state index contributed by atoms with van der Waals surface area (Å²) in [6.45, 7) is 2.22. The zero-order valence-corrected chi connectivity index (χ0v) is 38.3. The third kappa shape index (κ3) is 15.9. The van der Waals surface area contributed by atoms with Crippen molar-refractivity contribution in [3.8, 4) is 5.75 Å². The Hall–Kier alpha value is -5.95. The molecule has 356 valence electrons. The van der Waals surface area contributed by atoms with Gasteiger partial charge < -0.3 is 58.1 Å². The van der Waals surface area contributed by atoms with Crippen LogP contribution in [0.1, 0.15) is 68.6 Å². The van der Waals surface area contributed by atoms with E-state index in [1.165, 1.54) is 19.1 Å². The molecule has 0 saturated carbocycles. The molecule has 0 spiro atoms. The molecule has 17 nitrogen and oxygen atoms in total. The van der Waals surface area contributed by atoms with Crippen LogP contribution in [0, 0.1) is 0 Å². The summed E-state index contributed by atoms with van der Waals surface area (Å²) in [6.07, 6.45) is 3.50. The topological polar surface area (TPSA) is 269 Å². The molecule has 12 N–H and O–H groups in total. The molecule has 7 atom stereocenters. The second-order valence-electron chi connectivity index (χ2n) is 16.8. The van der Waals surface area contributed by atoms with Crippen LogP contribution in [0.2, 0.25) is 0 Å². The number of hydrogen-bond acceptors (Lipinski definition) is 11. The molecule has 5 rings (SSSR count). The first-order valence-electron chi connectivity index (χ1n) is 22.7. The minimum absolute atomic E-state index is 0.00409. The molecule has 4 aromatic rings. The number of aliphatic hydroxyl groups excluding tert-OH is 1. The Kier molecular flexibility index (Phi) is 20.3. The van der Waals surface area contributed by atoms with E-state index < -0.39 is 71.9 Å². The molecule has 18 heteroatoms. The van der Waals surface area contributed by atoms with Crippen LogP contribution in [0.4, 0.5) is 0 Å². The highest BCUT2D eigenvalue weighted by molar-refractivity contribution is 7.80. The van der Waals surface area contributed by atoms with Crippen molar-refractivity contribution < 1.29 is 39.0 Å². The summed E-state index contributed by atoms with van der Waals surface area (Å²) < 4.78 is 0. The molecule has 0 bridgehead atoms. The number of carbonyl (C=O) groups excluding carboxylic acids is 6. The maximum Gasteiger partial charge on any atom is 0.243 e. The van der Waals surface area contributed by atoms with Crippen LogP contribution < -0.4 is 43.0 Å². The van der Waals surface area contributed by atoms with Crippen LogP contribution in [0.15, 0.2) is 85.1 Å². The van der Waals surface area contributed by atoms with Gasteiger partial charge >= 0.3 is 0 Å². The lowest BCUT2D eigenvalue weighted by atomic mass is 10.00. The Balaban J connectivity index is 1.54. The van der Waals surface area contributed by atoms with E-state index in [2.05, 4.69) is 54.8 Å². The summed E-state index contributed by atoms with van der Waals surface area (Å²) >= 11 is 4.11. The molecule has 66 heavy (non-hydrogen) atoms. The van der Waals surface area contributed by atoms with Crippen molar-refractivity contribution >= 4 is 59.0 Å². The predicted molar refractivity (Wildman–Crippen MR) is 255 cm³/mol. The minimum atomic E-state index is -1.27. The molecule has 0 unspecified atom stereocenters. The molecule has 2 heterocycles. The molecule has 1 aromatic heterocycles. The van der Waals surface area contributed by atoms with Gasteiger partial charge in [0.1, 0.15) is 36.0 Å². The summed E-state index contributed by atoms with van der Waals surface area (Å²) in [6, 6.07) is 16.1. The first-order valence-corrected chi connectivity index (χ1v) is 23.4. The van der Waals surface area contributed by atoms with Crippen LogP contribution in [0.3, 0.4) is 0 Å². The number of rotatable bonds is 18. The number of H-pyrrole nitrogens is 1. The van der Waals surface area contributed by atoms with Gasteiger partial charge in [0.2, 0.25) is 35.4 Å². The Morgan fingerprint density at radius 1 is 0.712 bits per heavy atom. The van der Waals surface area contributed by atoms with Crippen LogP contribution in [0.5, 0.6) is 5.75 Å². The van der Waals surface area contributed by atoms with Crippen molar-refractivity contribution in [1.82, 2.24) is 42.2 Å². The Morgan fingerprint density at radius 3 is 1.95 bits per heavy atom. The smallest absolute Gasteiger partial charge is 0.243 e. The molecular weight excluding hydrogens is 863 g/mol. The number of carbonyl (C=O) groups is 6. The maximum absolute atomic E-state index is 14.7. The second kappa shape index (κ2) is 26.3. The summed E-state index contributed by atoms with van der Waals surface area (Å²) in [5.74, 6) is -3.02. The fourth-order valence-electron chi connectivity index (χ4n) is 7.92. The molecule has 1 fully saturated rings.